The summed E-state index contributed by atoms with van der Waals surface area (Å²) in [6.45, 7) is 6.41. The third-order valence-corrected chi connectivity index (χ3v) is 3.23. The SMILES string of the molecule is COc1c(CCC(C)Br)ccc(C)c1C. The van der Waals surface area contributed by atoms with Crippen LogP contribution in [0.15, 0.2) is 12.1 Å². The first-order valence-corrected chi connectivity index (χ1v) is 6.25. The number of halogens is 1. The number of ether oxygens (including phenoxy) is 1. The van der Waals surface area contributed by atoms with E-state index in [0.717, 1.165) is 18.6 Å². The third kappa shape index (κ3) is 3.23. The van der Waals surface area contributed by atoms with Gasteiger partial charge >= 0.3 is 0 Å². The van der Waals surface area contributed by atoms with Crippen LogP contribution < -0.4 is 4.74 Å². The summed E-state index contributed by atoms with van der Waals surface area (Å²) in [5.74, 6) is 1.06. The Morgan fingerprint density at radius 1 is 1.33 bits per heavy atom. The van der Waals surface area contributed by atoms with Crippen LogP contribution in [-0.2, 0) is 6.42 Å². The Labute approximate surface area is 101 Å². The Morgan fingerprint density at radius 2 is 2.00 bits per heavy atom. The number of alkyl halides is 1. The van der Waals surface area contributed by atoms with Crippen molar-refractivity contribution < 1.29 is 4.74 Å². The smallest absolute Gasteiger partial charge is 0.125 e. The fourth-order valence-electron chi connectivity index (χ4n) is 1.68. The van der Waals surface area contributed by atoms with Crippen LogP contribution in [0.1, 0.15) is 30.0 Å². The van der Waals surface area contributed by atoms with Crippen LogP contribution in [0.25, 0.3) is 0 Å². The minimum atomic E-state index is 0.559. The number of aryl methyl sites for hydroxylation is 2. The van der Waals surface area contributed by atoms with E-state index in [1.807, 2.05) is 0 Å². The molecule has 0 fully saturated rings. The van der Waals surface area contributed by atoms with Crippen molar-refractivity contribution in [3.8, 4) is 5.75 Å². The lowest BCUT2D eigenvalue weighted by molar-refractivity contribution is 0.405. The molecule has 0 bridgehead atoms. The highest BCUT2D eigenvalue weighted by atomic mass is 79.9. The lowest BCUT2D eigenvalue weighted by atomic mass is 10.0. The molecule has 0 aliphatic heterocycles. The average Bonchev–Trinajstić information content (AvgIpc) is 2.19. The summed E-state index contributed by atoms with van der Waals surface area (Å²) in [7, 11) is 1.75. The lowest BCUT2D eigenvalue weighted by Crippen LogP contribution is -2.00. The molecule has 1 aromatic rings. The lowest BCUT2D eigenvalue weighted by Gasteiger charge is -2.13. The molecule has 0 radical (unpaired) electrons. The molecule has 0 amide bonds. The quantitative estimate of drug-likeness (QED) is 0.751. The molecular weight excluding hydrogens is 252 g/mol. The highest BCUT2D eigenvalue weighted by Gasteiger charge is 2.08. The largest absolute Gasteiger partial charge is 0.496 e. The first-order chi connectivity index (χ1) is 7.06. The van der Waals surface area contributed by atoms with Crippen LogP contribution in [0.3, 0.4) is 0 Å². The minimum Gasteiger partial charge on any atom is -0.496 e. The van der Waals surface area contributed by atoms with Crippen molar-refractivity contribution in [1.29, 1.82) is 0 Å². The normalized spacial score (nSPS) is 12.6. The second kappa shape index (κ2) is 5.55. The van der Waals surface area contributed by atoms with E-state index in [1.54, 1.807) is 7.11 Å². The Kier molecular flexibility index (Phi) is 4.65. The van der Waals surface area contributed by atoms with E-state index >= 15 is 0 Å². The van der Waals surface area contributed by atoms with E-state index in [9.17, 15) is 0 Å². The van der Waals surface area contributed by atoms with Gasteiger partial charge in [-0.05, 0) is 43.4 Å². The Balaban J connectivity index is 2.92. The van der Waals surface area contributed by atoms with E-state index in [2.05, 4.69) is 48.8 Å². The Hall–Kier alpha value is -0.500. The van der Waals surface area contributed by atoms with E-state index in [0.29, 0.717) is 4.83 Å². The zero-order valence-corrected chi connectivity index (χ0v) is 11.5. The second-order valence-corrected chi connectivity index (χ2v) is 5.58. The fourth-order valence-corrected chi connectivity index (χ4v) is 1.91. The molecule has 0 saturated carbocycles. The van der Waals surface area contributed by atoms with Gasteiger partial charge in [-0.2, -0.15) is 0 Å². The van der Waals surface area contributed by atoms with E-state index < -0.39 is 0 Å². The molecule has 1 atom stereocenters. The molecule has 15 heavy (non-hydrogen) atoms. The standard InChI is InChI=1S/C13H19BrO/c1-9-5-7-12(8-6-10(2)14)13(15-4)11(9)3/h5,7,10H,6,8H2,1-4H3. The predicted molar refractivity (Wildman–Crippen MR) is 69.2 cm³/mol. The van der Waals surface area contributed by atoms with Gasteiger partial charge in [0.05, 0.1) is 7.11 Å². The molecule has 84 valence electrons. The minimum absolute atomic E-state index is 0.559. The van der Waals surface area contributed by atoms with Crippen molar-refractivity contribution in [3.63, 3.8) is 0 Å². The van der Waals surface area contributed by atoms with Crippen molar-refractivity contribution in [2.24, 2.45) is 0 Å². The second-order valence-electron chi connectivity index (χ2n) is 4.02. The molecule has 0 aliphatic rings. The van der Waals surface area contributed by atoms with E-state index in [4.69, 9.17) is 4.74 Å². The number of hydrogen-bond donors (Lipinski definition) is 0. The van der Waals surface area contributed by atoms with Gasteiger partial charge in [-0.15, -0.1) is 0 Å². The molecule has 0 saturated heterocycles. The maximum Gasteiger partial charge on any atom is 0.125 e. The molecule has 0 heterocycles. The highest BCUT2D eigenvalue weighted by molar-refractivity contribution is 9.09. The first kappa shape index (κ1) is 12.6. The van der Waals surface area contributed by atoms with Gasteiger partial charge < -0.3 is 4.74 Å². The molecule has 0 N–H and O–H groups in total. The van der Waals surface area contributed by atoms with Crippen molar-refractivity contribution in [3.05, 3.63) is 28.8 Å². The molecule has 1 rings (SSSR count). The summed E-state index contributed by atoms with van der Waals surface area (Å²) < 4.78 is 5.47. The summed E-state index contributed by atoms with van der Waals surface area (Å²) in [6, 6.07) is 4.35. The van der Waals surface area contributed by atoms with Crippen molar-refractivity contribution in [2.75, 3.05) is 7.11 Å². The van der Waals surface area contributed by atoms with E-state index in [1.165, 1.54) is 16.7 Å². The molecule has 2 heteroatoms. The van der Waals surface area contributed by atoms with Crippen LogP contribution in [0.2, 0.25) is 0 Å². The third-order valence-electron chi connectivity index (χ3n) is 2.77. The van der Waals surface area contributed by atoms with Gasteiger partial charge in [0, 0.05) is 4.83 Å². The summed E-state index contributed by atoms with van der Waals surface area (Å²) in [5.41, 5.74) is 3.87. The monoisotopic (exact) mass is 270 g/mol. The number of benzene rings is 1. The number of methoxy groups -OCH3 is 1. The zero-order valence-electron chi connectivity index (χ0n) is 9.93. The van der Waals surface area contributed by atoms with Crippen molar-refractivity contribution in [2.45, 2.75) is 38.4 Å². The summed E-state index contributed by atoms with van der Waals surface area (Å²) in [5, 5.41) is 0. The maximum absolute atomic E-state index is 5.47. The van der Waals surface area contributed by atoms with Crippen LogP contribution >= 0.6 is 15.9 Å². The molecule has 1 unspecified atom stereocenters. The van der Waals surface area contributed by atoms with Gasteiger partial charge in [0.25, 0.3) is 0 Å². The Morgan fingerprint density at radius 3 is 2.53 bits per heavy atom. The number of hydrogen-bond acceptors (Lipinski definition) is 1. The molecular formula is C13H19BrO. The van der Waals surface area contributed by atoms with Crippen molar-refractivity contribution >= 4 is 15.9 Å². The van der Waals surface area contributed by atoms with Crippen molar-refractivity contribution in [1.82, 2.24) is 0 Å². The first-order valence-electron chi connectivity index (χ1n) is 5.33. The average molecular weight is 271 g/mol. The van der Waals surface area contributed by atoms with Gasteiger partial charge in [-0.25, -0.2) is 0 Å². The topological polar surface area (TPSA) is 9.23 Å². The summed E-state index contributed by atoms with van der Waals surface area (Å²) in [6.07, 6.45) is 2.20. The molecule has 0 aliphatic carbocycles. The van der Waals surface area contributed by atoms with Crippen LogP contribution in [-0.4, -0.2) is 11.9 Å². The molecule has 0 aromatic heterocycles. The van der Waals surface area contributed by atoms with Gasteiger partial charge in [-0.1, -0.05) is 35.0 Å². The Bertz CT molecular complexity index is 332. The molecule has 0 spiro atoms. The maximum atomic E-state index is 5.47. The van der Waals surface area contributed by atoms with E-state index in [-0.39, 0.29) is 0 Å². The predicted octanol–water partition coefficient (Wildman–Crippen LogP) is 4.03. The van der Waals surface area contributed by atoms with Gasteiger partial charge in [0.1, 0.15) is 5.75 Å². The molecule has 1 aromatic carbocycles. The van der Waals surface area contributed by atoms with Crippen LogP contribution in [0, 0.1) is 13.8 Å². The summed E-state index contributed by atoms with van der Waals surface area (Å²) >= 11 is 3.57. The van der Waals surface area contributed by atoms with Crippen LogP contribution in [0.5, 0.6) is 5.75 Å². The number of rotatable bonds is 4. The van der Waals surface area contributed by atoms with Crippen LogP contribution in [0.4, 0.5) is 0 Å². The van der Waals surface area contributed by atoms with Gasteiger partial charge in [-0.3, -0.25) is 0 Å². The fraction of sp³-hybridized carbons (Fsp3) is 0.538. The zero-order chi connectivity index (χ0) is 11.4. The molecule has 1 nitrogen and oxygen atoms in total. The highest BCUT2D eigenvalue weighted by Crippen LogP contribution is 2.27. The summed E-state index contributed by atoms with van der Waals surface area (Å²) in [4.78, 5) is 0.559. The van der Waals surface area contributed by atoms with Gasteiger partial charge in [0.2, 0.25) is 0 Å². The van der Waals surface area contributed by atoms with Gasteiger partial charge in [0.15, 0.2) is 0 Å².